The number of anilines is 1. The van der Waals surface area contributed by atoms with Crippen LogP contribution in [0.5, 0.6) is 11.5 Å². The topological polar surface area (TPSA) is 44.7 Å². The molecule has 0 saturated carbocycles. The van der Waals surface area contributed by atoms with Crippen LogP contribution in [0.3, 0.4) is 0 Å². The summed E-state index contributed by atoms with van der Waals surface area (Å²) in [6.45, 7) is 3.92. The Balaban J connectivity index is 1.60. The average molecular weight is 433 g/mol. The number of halogens is 1. The van der Waals surface area contributed by atoms with E-state index in [-0.39, 0.29) is 17.7 Å². The number of aromatic hydroxyl groups is 1. The molecular formula is C27H29FN2O2. The average Bonchev–Trinajstić information content (AvgIpc) is 2.84. The number of aryl methyl sites for hydroxylation is 1. The number of ether oxygens (including phenoxy) is 1. The van der Waals surface area contributed by atoms with E-state index in [0.29, 0.717) is 5.75 Å². The zero-order chi connectivity index (χ0) is 22.1. The molecule has 0 radical (unpaired) electrons. The first-order valence-electron chi connectivity index (χ1n) is 11.3. The molecule has 5 rings (SSSR count). The van der Waals surface area contributed by atoms with Gasteiger partial charge in [0.25, 0.3) is 0 Å². The quantitative estimate of drug-likeness (QED) is 0.621. The Hall–Kier alpha value is -3.05. The van der Waals surface area contributed by atoms with Gasteiger partial charge in [-0.1, -0.05) is 24.3 Å². The van der Waals surface area contributed by atoms with Gasteiger partial charge in [-0.2, -0.15) is 0 Å². The molecule has 5 heteroatoms. The molecule has 3 aromatic carbocycles. The van der Waals surface area contributed by atoms with Crippen molar-refractivity contribution in [2.75, 3.05) is 38.2 Å². The summed E-state index contributed by atoms with van der Waals surface area (Å²) in [4.78, 5) is 2.38. The maximum Gasteiger partial charge on any atom is 0.124 e. The molecular weight excluding hydrogens is 403 g/mol. The SMILES string of the molecule is COc1cc(N2CCNCC2)ccc1[C@H]1c2ccc(O)cc2CC[C@H]1c1ccc(F)cc1. The Morgan fingerprint density at radius 1 is 0.969 bits per heavy atom. The summed E-state index contributed by atoms with van der Waals surface area (Å²) in [5.74, 6) is 1.22. The molecule has 0 aromatic heterocycles. The predicted octanol–water partition coefficient (Wildman–Crippen LogP) is 4.81. The van der Waals surface area contributed by atoms with Gasteiger partial charge in [-0.3, -0.25) is 0 Å². The van der Waals surface area contributed by atoms with Crippen LogP contribution in [0.4, 0.5) is 10.1 Å². The van der Waals surface area contributed by atoms with Crippen LogP contribution in [0.1, 0.15) is 40.5 Å². The number of hydrogen-bond acceptors (Lipinski definition) is 4. The van der Waals surface area contributed by atoms with Gasteiger partial charge < -0.3 is 20.1 Å². The fourth-order valence-electron chi connectivity index (χ4n) is 5.34. The highest BCUT2D eigenvalue weighted by Gasteiger charge is 2.34. The van der Waals surface area contributed by atoms with Crippen molar-refractivity contribution in [3.63, 3.8) is 0 Å². The van der Waals surface area contributed by atoms with Crippen molar-refractivity contribution in [2.45, 2.75) is 24.7 Å². The summed E-state index contributed by atoms with van der Waals surface area (Å²) in [6, 6.07) is 19.1. The second-order valence-electron chi connectivity index (χ2n) is 8.72. The van der Waals surface area contributed by atoms with E-state index >= 15 is 0 Å². The van der Waals surface area contributed by atoms with Crippen LogP contribution < -0.4 is 15.0 Å². The Kier molecular flexibility index (Phi) is 5.75. The van der Waals surface area contributed by atoms with Gasteiger partial charge in [0.1, 0.15) is 17.3 Å². The number of phenols is 1. The van der Waals surface area contributed by atoms with Crippen molar-refractivity contribution in [1.82, 2.24) is 5.32 Å². The van der Waals surface area contributed by atoms with E-state index in [4.69, 9.17) is 4.74 Å². The van der Waals surface area contributed by atoms with E-state index in [1.54, 1.807) is 25.3 Å². The summed E-state index contributed by atoms with van der Waals surface area (Å²) in [7, 11) is 1.73. The third-order valence-corrected chi connectivity index (χ3v) is 6.92. The molecule has 0 amide bonds. The second kappa shape index (κ2) is 8.83. The molecule has 1 saturated heterocycles. The third-order valence-electron chi connectivity index (χ3n) is 6.92. The molecule has 32 heavy (non-hydrogen) atoms. The van der Waals surface area contributed by atoms with Crippen molar-refractivity contribution in [3.8, 4) is 11.5 Å². The van der Waals surface area contributed by atoms with Gasteiger partial charge in [0.2, 0.25) is 0 Å². The van der Waals surface area contributed by atoms with E-state index in [2.05, 4.69) is 28.4 Å². The lowest BCUT2D eigenvalue weighted by atomic mass is 9.69. The molecule has 0 unspecified atom stereocenters. The number of methoxy groups -OCH3 is 1. The van der Waals surface area contributed by atoms with Crippen molar-refractivity contribution in [1.29, 1.82) is 0 Å². The lowest BCUT2D eigenvalue weighted by Crippen LogP contribution is -2.43. The van der Waals surface area contributed by atoms with Crippen molar-refractivity contribution < 1.29 is 14.2 Å². The maximum atomic E-state index is 13.6. The summed E-state index contributed by atoms with van der Waals surface area (Å²) in [5.41, 5.74) is 5.81. The minimum atomic E-state index is -0.218. The first-order valence-corrected chi connectivity index (χ1v) is 11.3. The van der Waals surface area contributed by atoms with Gasteiger partial charge in [0.05, 0.1) is 7.11 Å². The molecule has 0 bridgehead atoms. The first-order chi connectivity index (χ1) is 15.6. The number of nitrogens with zero attached hydrogens (tertiary/aromatic N) is 1. The van der Waals surface area contributed by atoms with Crippen molar-refractivity contribution in [2.24, 2.45) is 0 Å². The predicted molar refractivity (Wildman–Crippen MR) is 125 cm³/mol. The van der Waals surface area contributed by atoms with E-state index in [9.17, 15) is 9.50 Å². The number of fused-ring (bicyclic) bond motifs is 1. The smallest absolute Gasteiger partial charge is 0.124 e. The van der Waals surface area contributed by atoms with Gasteiger partial charge in [0.15, 0.2) is 0 Å². The highest BCUT2D eigenvalue weighted by Crippen LogP contribution is 2.49. The molecule has 1 aliphatic heterocycles. The first kappa shape index (κ1) is 20.8. The van der Waals surface area contributed by atoms with E-state index < -0.39 is 0 Å². The van der Waals surface area contributed by atoms with E-state index in [0.717, 1.165) is 55.9 Å². The van der Waals surface area contributed by atoms with Gasteiger partial charge in [0, 0.05) is 49.4 Å². The van der Waals surface area contributed by atoms with Gasteiger partial charge >= 0.3 is 0 Å². The van der Waals surface area contributed by atoms with E-state index in [1.165, 1.54) is 16.8 Å². The number of hydrogen-bond donors (Lipinski definition) is 2. The van der Waals surface area contributed by atoms with Crippen LogP contribution in [0, 0.1) is 5.82 Å². The zero-order valence-corrected chi connectivity index (χ0v) is 18.4. The van der Waals surface area contributed by atoms with Crippen molar-refractivity contribution in [3.05, 3.63) is 88.7 Å². The van der Waals surface area contributed by atoms with E-state index in [1.807, 2.05) is 24.3 Å². The van der Waals surface area contributed by atoms with Gasteiger partial charge in [-0.05, 0) is 65.8 Å². The highest BCUT2D eigenvalue weighted by atomic mass is 19.1. The molecule has 166 valence electrons. The Labute approximate surface area is 188 Å². The van der Waals surface area contributed by atoms with Crippen LogP contribution in [0.15, 0.2) is 60.7 Å². The summed E-state index contributed by atoms with van der Waals surface area (Å²) in [6.07, 6.45) is 1.80. The van der Waals surface area contributed by atoms with Crippen LogP contribution in [-0.4, -0.2) is 38.4 Å². The number of phenolic OH excluding ortho intramolecular Hbond substituents is 1. The fraction of sp³-hybridized carbons (Fsp3) is 0.333. The van der Waals surface area contributed by atoms with Crippen LogP contribution >= 0.6 is 0 Å². The largest absolute Gasteiger partial charge is 0.508 e. The Morgan fingerprint density at radius 2 is 1.72 bits per heavy atom. The second-order valence-corrected chi connectivity index (χ2v) is 8.72. The molecule has 1 aliphatic carbocycles. The summed E-state index contributed by atoms with van der Waals surface area (Å²) < 4.78 is 19.6. The summed E-state index contributed by atoms with van der Waals surface area (Å²) >= 11 is 0. The number of rotatable bonds is 4. The fourth-order valence-corrected chi connectivity index (χ4v) is 5.34. The molecule has 2 aliphatic rings. The molecule has 3 aromatic rings. The van der Waals surface area contributed by atoms with Crippen LogP contribution in [-0.2, 0) is 6.42 Å². The Morgan fingerprint density at radius 3 is 2.47 bits per heavy atom. The molecule has 1 fully saturated rings. The van der Waals surface area contributed by atoms with Gasteiger partial charge in [-0.15, -0.1) is 0 Å². The monoisotopic (exact) mass is 432 g/mol. The molecule has 0 spiro atoms. The van der Waals surface area contributed by atoms with Gasteiger partial charge in [-0.25, -0.2) is 4.39 Å². The lowest BCUT2D eigenvalue weighted by Gasteiger charge is -2.36. The molecule has 2 atom stereocenters. The Bertz CT molecular complexity index is 1090. The third kappa shape index (κ3) is 3.93. The molecule has 1 heterocycles. The van der Waals surface area contributed by atoms with Crippen LogP contribution in [0.25, 0.3) is 0 Å². The lowest BCUT2D eigenvalue weighted by molar-refractivity contribution is 0.400. The maximum absolute atomic E-state index is 13.6. The normalized spacial score (nSPS) is 20.6. The van der Waals surface area contributed by atoms with Crippen LogP contribution in [0.2, 0.25) is 0 Å². The minimum Gasteiger partial charge on any atom is -0.508 e. The molecule has 2 N–H and O–H groups in total. The number of piperazine rings is 1. The zero-order valence-electron chi connectivity index (χ0n) is 18.4. The highest BCUT2D eigenvalue weighted by molar-refractivity contribution is 5.58. The van der Waals surface area contributed by atoms with Crippen molar-refractivity contribution >= 4 is 5.69 Å². The standard InChI is InChI=1S/C27H29FN2O2/c1-32-26-17-21(30-14-12-29-13-15-30)7-10-25(26)27-23(18-2-5-20(28)6-3-18)9-4-19-16-22(31)8-11-24(19)27/h2-3,5-8,10-11,16-17,23,27,29,31H,4,9,12-15H2,1H3/t23-,27+/m0/s1. The summed E-state index contributed by atoms with van der Waals surface area (Å²) in [5, 5.41) is 13.5. The number of nitrogens with one attached hydrogen (secondary N) is 1. The number of benzene rings is 3. The minimum absolute atomic E-state index is 0.0665. The molecule has 4 nitrogen and oxygen atoms in total.